The van der Waals surface area contributed by atoms with Crippen LogP contribution in [0.1, 0.15) is 21.5 Å². The second-order valence-corrected chi connectivity index (χ2v) is 8.79. The van der Waals surface area contributed by atoms with E-state index >= 15 is 0 Å². The Hall–Kier alpha value is -4.00. The van der Waals surface area contributed by atoms with Crippen molar-refractivity contribution in [2.75, 3.05) is 27.3 Å². The number of methoxy groups -OCH3 is 2. The number of likely N-dealkylation sites (tertiary alicyclic amines) is 1. The van der Waals surface area contributed by atoms with Gasteiger partial charge in [-0.1, -0.05) is 6.07 Å². The molecule has 2 aromatic rings. The number of hydrogen-bond acceptors (Lipinski definition) is 8. The highest BCUT2D eigenvalue weighted by Crippen LogP contribution is 2.41. The second kappa shape index (κ2) is 11.4. The zero-order valence-electron chi connectivity index (χ0n) is 19.5. The summed E-state index contributed by atoms with van der Waals surface area (Å²) >= 11 is 0.842. The molecule has 0 spiro atoms. The molecule has 1 heterocycles. The second-order valence-electron chi connectivity index (χ2n) is 7.72. The number of nitrogens with zero attached hydrogens (tertiary/aromatic N) is 1. The number of halogens is 3. The van der Waals surface area contributed by atoms with E-state index in [-0.39, 0.29) is 40.2 Å². The van der Waals surface area contributed by atoms with Crippen LogP contribution in [0, 0.1) is 11.3 Å². The third-order valence-corrected chi connectivity index (χ3v) is 6.17. The third-order valence-electron chi connectivity index (χ3n) is 5.27. The lowest BCUT2D eigenvalue weighted by Crippen LogP contribution is -2.52. The predicted molar refractivity (Wildman–Crippen MR) is 128 cm³/mol. The number of carboxylic acid groups (broad SMARTS) is 1. The zero-order valence-corrected chi connectivity index (χ0v) is 20.3. The average molecular weight is 539 g/mol. The van der Waals surface area contributed by atoms with Gasteiger partial charge in [-0.05, 0) is 53.7 Å². The largest absolute Gasteiger partial charge is 0.493 e. The molecule has 0 unspecified atom stereocenters. The highest BCUT2D eigenvalue weighted by atomic mass is 32.2. The molecule has 1 aliphatic rings. The van der Waals surface area contributed by atoms with Crippen molar-refractivity contribution < 1.29 is 46.9 Å². The van der Waals surface area contributed by atoms with Crippen LogP contribution in [-0.4, -0.2) is 60.7 Å². The Morgan fingerprint density at radius 1 is 1.11 bits per heavy atom. The molecule has 0 radical (unpaired) electrons. The summed E-state index contributed by atoms with van der Waals surface area (Å²) in [6, 6.07) is 7.03. The topological polar surface area (TPSA) is 126 Å². The van der Waals surface area contributed by atoms with Crippen molar-refractivity contribution in [1.82, 2.24) is 4.90 Å². The van der Waals surface area contributed by atoms with Crippen LogP contribution in [0.25, 0.3) is 6.08 Å². The Kier molecular flexibility index (Phi) is 8.48. The standard InChI is InChI=1S/C24H21F3N2O7S/c1-34-20-8-13(7-16(12-30)37-23(28)29-10-15(11-29)21(31)32)3-5-19(20)36-18-6-4-14(22(33)35-2)9-17(18)24(25,26)27/h3-9,12,15,28H,10-11H2,1-2H3,(H,31,32)/b16-7-,28-23?. The maximum atomic E-state index is 13.6. The number of carboxylic acids is 1. The van der Waals surface area contributed by atoms with Crippen molar-refractivity contribution >= 4 is 41.2 Å². The number of alkyl halides is 3. The molecule has 2 aromatic carbocycles. The smallest absolute Gasteiger partial charge is 0.420 e. The number of nitrogens with one attached hydrogen (secondary N) is 1. The molecule has 0 amide bonds. The molecule has 0 saturated carbocycles. The lowest BCUT2D eigenvalue weighted by molar-refractivity contribution is -0.145. The van der Waals surface area contributed by atoms with Gasteiger partial charge in [0, 0.05) is 13.1 Å². The van der Waals surface area contributed by atoms with Crippen molar-refractivity contribution in [2.45, 2.75) is 6.18 Å². The number of amidine groups is 1. The van der Waals surface area contributed by atoms with E-state index in [1.165, 1.54) is 36.3 Å². The quantitative estimate of drug-likeness (QED) is 0.164. The van der Waals surface area contributed by atoms with Gasteiger partial charge in [-0.25, -0.2) is 4.79 Å². The van der Waals surface area contributed by atoms with Crippen LogP contribution < -0.4 is 9.47 Å². The predicted octanol–water partition coefficient (Wildman–Crippen LogP) is 4.52. The van der Waals surface area contributed by atoms with E-state index in [9.17, 15) is 27.6 Å². The van der Waals surface area contributed by atoms with E-state index in [2.05, 4.69) is 4.74 Å². The van der Waals surface area contributed by atoms with Gasteiger partial charge in [0.15, 0.2) is 23.0 Å². The first-order chi connectivity index (χ1) is 17.5. The first-order valence-electron chi connectivity index (χ1n) is 10.5. The van der Waals surface area contributed by atoms with Crippen LogP contribution in [0.4, 0.5) is 13.2 Å². The van der Waals surface area contributed by atoms with Gasteiger partial charge in [0.1, 0.15) is 5.75 Å². The van der Waals surface area contributed by atoms with Gasteiger partial charge < -0.3 is 24.2 Å². The van der Waals surface area contributed by atoms with Crippen molar-refractivity contribution in [2.24, 2.45) is 5.92 Å². The van der Waals surface area contributed by atoms with Crippen LogP contribution in [0.3, 0.4) is 0 Å². The van der Waals surface area contributed by atoms with E-state index in [0.29, 0.717) is 17.9 Å². The normalized spacial score (nSPS) is 14.0. The van der Waals surface area contributed by atoms with Gasteiger partial charge >= 0.3 is 18.1 Å². The Bertz CT molecular complexity index is 1260. The van der Waals surface area contributed by atoms with E-state index in [4.69, 9.17) is 20.0 Å². The fourth-order valence-corrected chi connectivity index (χ4v) is 4.04. The number of hydrogen-bond donors (Lipinski definition) is 2. The Labute approximate surface area is 213 Å². The minimum absolute atomic E-state index is 0.0119. The Morgan fingerprint density at radius 3 is 2.35 bits per heavy atom. The summed E-state index contributed by atoms with van der Waals surface area (Å²) in [5.74, 6) is -2.99. The molecular formula is C24H21F3N2O7S. The summed E-state index contributed by atoms with van der Waals surface area (Å²) in [5, 5.41) is 17.0. The van der Waals surface area contributed by atoms with Gasteiger partial charge in [-0.15, -0.1) is 0 Å². The zero-order chi connectivity index (χ0) is 27.3. The molecule has 0 aliphatic carbocycles. The molecule has 13 heteroatoms. The summed E-state index contributed by atoms with van der Waals surface area (Å²) in [6.45, 7) is 0.349. The molecular weight excluding hydrogens is 517 g/mol. The number of rotatable bonds is 8. The van der Waals surface area contributed by atoms with Gasteiger partial charge in [0.05, 0.1) is 36.2 Å². The number of carbonyl (C=O) groups excluding carboxylic acids is 2. The number of allylic oxidation sites excluding steroid dienone is 1. The van der Waals surface area contributed by atoms with E-state index in [1.54, 1.807) is 0 Å². The molecule has 0 atom stereocenters. The molecule has 3 rings (SSSR count). The van der Waals surface area contributed by atoms with Crippen molar-refractivity contribution in [3.05, 3.63) is 58.0 Å². The van der Waals surface area contributed by atoms with Crippen LogP contribution >= 0.6 is 11.8 Å². The number of ether oxygens (including phenoxy) is 3. The van der Waals surface area contributed by atoms with Crippen LogP contribution in [0.15, 0.2) is 41.3 Å². The summed E-state index contributed by atoms with van der Waals surface area (Å²) in [6.07, 6.45) is -2.85. The molecule has 9 nitrogen and oxygen atoms in total. The van der Waals surface area contributed by atoms with E-state index < -0.39 is 35.3 Å². The Balaban J connectivity index is 1.82. The minimum Gasteiger partial charge on any atom is -0.493 e. The molecule has 196 valence electrons. The molecule has 0 aromatic heterocycles. The molecule has 1 aliphatic heterocycles. The monoisotopic (exact) mass is 538 g/mol. The first-order valence-corrected chi connectivity index (χ1v) is 11.3. The number of benzene rings is 2. The average Bonchev–Trinajstić information content (AvgIpc) is 2.82. The van der Waals surface area contributed by atoms with E-state index in [0.717, 1.165) is 31.0 Å². The summed E-state index contributed by atoms with van der Waals surface area (Å²) in [4.78, 5) is 35.8. The lowest BCUT2D eigenvalue weighted by Gasteiger charge is -2.37. The summed E-state index contributed by atoms with van der Waals surface area (Å²) in [5.41, 5.74) is -1.04. The minimum atomic E-state index is -4.82. The summed E-state index contributed by atoms with van der Waals surface area (Å²) < 4.78 is 56.1. The Morgan fingerprint density at radius 2 is 1.78 bits per heavy atom. The number of carbonyl (C=O) groups is 3. The van der Waals surface area contributed by atoms with Gasteiger partial charge in [-0.3, -0.25) is 15.0 Å². The van der Waals surface area contributed by atoms with Crippen LogP contribution in [0.2, 0.25) is 0 Å². The fourth-order valence-electron chi connectivity index (χ4n) is 3.29. The lowest BCUT2D eigenvalue weighted by atomic mass is 10.0. The fraction of sp³-hybridized carbons (Fsp3) is 0.250. The summed E-state index contributed by atoms with van der Waals surface area (Å²) in [7, 11) is 2.34. The molecule has 0 bridgehead atoms. The maximum Gasteiger partial charge on any atom is 0.420 e. The highest BCUT2D eigenvalue weighted by molar-refractivity contribution is 8.17. The maximum absolute atomic E-state index is 13.6. The number of aliphatic carboxylic acids is 1. The van der Waals surface area contributed by atoms with Gasteiger partial charge in [0.25, 0.3) is 0 Å². The van der Waals surface area contributed by atoms with Crippen molar-refractivity contribution in [3.8, 4) is 17.2 Å². The first kappa shape index (κ1) is 27.6. The highest BCUT2D eigenvalue weighted by Gasteiger charge is 2.36. The van der Waals surface area contributed by atoms with Crippen LogP contribution in [-0.2, 0) is 20.5 Å². The number of esters is 1. The van der Waals surface area contributed by atoms with Crippen LogP contribution in [0.5, 0.6) is 17.2 Å². The van der Waals surface area contributed by atoms with Crippen molar-refractivity contribution in [3.63, 3.8) is 0 Å². The van der Waals surface area contributed by atoms with Crippen molar-refractivity contribution in [1.29, 1.82) is 5.41 Å². The third kappa shape index (κ3) is 6.61. The molecule has 2 N–H and O–H groups in total. The number of aldehydes is 1. The van der Waals surface area contributed by atoms with Gasteiger partial charge in [0.2, 0.25) is 0 Å². The van der Waals surface area contributed by atoms with Gasteiger partial charge in [-0.2, -0.15) is 13.2 Å². The SMILES string of the molecule is COC(=O)c1ccc(Oc2ccc(/C=C(/C=O)SC(=N)N3CC(C(=O)O)C3)cc2OC)c(C(F)(F)F)c1. The number of thioether (sulfide) groups is 1. The molecule has 37 heavy (non-hydrogen) atoms. The molecule has 1 fully saturated rings. The van der Waals surface area contributed by atoms with E-state index in [1.807, 2.05) is 0 Å². The molecule has 1 saturated heterocycles.